The smallest absolute Gasteiger partial charge is 0.243 e. The van der Waals surface area contributed by atoms with Crippen molar-refractivity contribution >= 4 is 32.5 Å². The number of sulfonamides is 1. The van der Waals surface area contributed by atoms with E-state index in [2.05, 4.69) is 28.9 Å². The highest BCUT2D eigenvalue weighted by atomic mass is 32.2. The molecule has 3 aromatic carbocycles. The molecule has 1 fully saturated rings. The van der Waals surface area contributed by atoms with E-state index in [4.69, 9.17) is 0 Å². The van der Waals surface area contributed by atoms with E-state index in [0.29, 0.717) is 25.3 Å². The number of amides is 1. The lowest BCUT2D eigenvalue weighted by molar-refractivity contribution is -0.114. The van der Waals surface area contributed by atoms with Gasteiger partial charge >= 0.3 is 0 Å². The summed E-state index contributed by atoms with van der Waals surface area (Å²) in [6.45, 7) is 5.07. The van der Waals surface area contributed by atoms with E-state index >= 15 is 0 Å². The first-order valence-electron chi connectivity index (χ1n) is 12.4. The molecule has 0 saturated carbocycles. The van der Waals surface area contributed by atoms with Gasteiger partial charge in [0, 0.05) is 48.8 Å². The molecule has 6 nitrogen and oxygen atoms in total. The van der Waals surface area contributed by atoms with Crippen LogP contribution in [0.5, 0.6) is 0 Å². The summed E-state index contributed by atoms with van der Waals surface area (Å²) in [7, 11) is -3.62. The molecule has 5 rings (SSSR count). The zero-order chi connectivity index (χ0) is 26.2. The number of carbonyl (C=O) groups is 1. The number of benzene rings is 3. The number of fused-ring (bicyclic) bond motifs is 1. The van der Waals surface area contributed by atoms with Crippen LogP contribution in [-0.2, 0) is 21.4 Å². The predicted molar refractivity (Wildman–Crippen MR) is 144 cm³/mol. The third kappa shape index (κ3) is 5.04. The van der Waals surface area contributed by atoms with Crippen molar-refractivity contribution in [3.63, 3.8) is 0 Å². The first-order valence-corrected chi connectivity index (χ1v) is 13.9. The maximum atomic E-state index is 13.4. The third-order valence-corrected chi connectivity index (χ3v) is 9.12. The quantitative estimate of drug-likeness (QED) is 0.357. The molecule has 0 radical (unpaired) electrons. The van der Waals surface area contributed by atoms with Crippen molar-refractivity contribution in [2.24, 2.45) is 0 Å². The maximum absolute atomic E-state index is 13.4. The summed E-state index contributed by atoms with van der Waals surface area (Å²) in [5, 5.41) is 3.85. The molecule has 0 spiro atoms. The van der Waals surface area contributed by atoms with E-state index < -0.39 is 10.0 Å². The molecular weight excluding hydrogens is 489 g/mol. The van der Waals surface area contributed by atoms with Gasteiger partial charge in [0.05, 0.1) is 4.90 Å². The fourth-order valence-corrected chi connectivity index (χ4v) is 6.87. The fraction of sp³-hybridized carbons (Fsp3) is 0.276. The Morgan fingerprint density at radius 3 is 2.27 bits per heavy atom. The Labute approximate surface area is 216 Å². The molecule has 8 heteroatoms. The van der Waals surface area contributed by atoms with Crippen LogP contribution in [0.4, 0.5) is 10.1 Å². The van der Waals surface area contributed by atoms with Crippen molar-refractivity contribution in [2.75, 3.05) is 18.4 Å². The zero-order valence-corrected chi connectivity index (χ0v) is 21.8. The van der Waals surface area contributed by atoms with Crippen LogP contribution in [0, 0.1) is 12.7 Å². The number of rotatable bonds is 6. The first kappa shape index (κ1) is 25.2. The van der Waals surface area contributed by atoms with Gasteiger partial charge in [0.15, 0.2) is 0 Å². The van der Waals surface area contributed by atoms with Crippen molar-refractivity contribution in [2.45, 2.75) is 44.0 Å². The Morgan fingerprint density at radius 2 is 1.62 bits per heavy atom. The molecule has 4 aromatic rings. The van der Waals surface area contributed by atoms with Crippen molar-refractivity contribution in [3.8, 4) is 0 Å². The largest absolute Gasteiger partial charge is 0.340 e. The van der Waals surface area contributed by atoms with Gasteiger partial charge in [-0.05, 0) is 79.3 Å². The van der Waals surface area contributed by atoms with Gasteiger partial charge in [-0.3, -0.25) is 4.79 Å². The topological polar surface area (TPSA) is 71.4 Å². The number of carbonyl (C=O) groups excluding carboxylic acids is 1. The molecule has 1 N–H and O–H groups in total. The highest BCUT2D eigenvalue weighted by Gasteiger charge is 2.32. The molecule has 0 aliphatic carbocycles. The molecule has 1 amide bonds. The molecule has 0 atom stereocenters. The Hall–Kier alpha value is -3.49. The summed E-state index contributed by atoms with van der Waals surface area (Å²) in [5.74, 6) is -0.205. The average molecular weight is 520 g/mol. The van der Waals surface area contributed by atoms with Gasteiger partial charge in [0.1, 0.15) is 5.82 Å². The SMILES string of the molecule is CC(=O)Nc1ccc(S(=O)(=O)N2CCC(c3c(C)n(Cc4ccc(F)cc4)c4ccccc34)CC2)cc1. The molecule has 1 aromatic heterocycles. The van der Waals surface area contributed by atoms with Crippen molar-refractivity contribution in [1.29, 1.82) is 0 Å². The van der Waals surface area contributed by atoms with E-state index in [1.54, 1.807) is 28.6 Å². The van der Waals surface area contributed by atoms with Gasteiger partial charge in [-0.25, -0.2) is 12.8 Å². The van der Waals surface area contributed by atoms with E-state index in [-0.39, 0.29) is 22.5 Å². The van der Waals surface area contributed by atoms with Crippen LogP contribution >= 0.6 is 0 Å². The lowest BCUT2D eigenvalue weighted by Gasteiger charge is -2.31. The van der Waals surface area contributed by atoms with Crippen LogP contribution in [-0.4, -0.2) is 36.3 Å². The second-order valence-corrected chi connectivity index (χ2v) is 11.6. The maximum Gasteiger partial charge on any atom is 0.243 e. The van der Waals surface area contributed by atoms with Gasteiger partial charge in [-0.2, -0.15) is 4.31 Å². The van der Waals surface area contributed by atoms with Crippen LogP contribution in [0.3, 0.4) is 0 Å². The Kier molecular flexibility index (Phi) is 6.88. The average Bonchev–Trinajstić information content (AvgIpc) is 3.16. The number of nitrogens with zero attached hydrogens (tertiary/aromatic N) is 2. The number of hydrogen-bond donors (Lipinski definition) is 1. The van der Waals surface area contributed by atoms with Crippen molar-refractivity contribution in [1.82, 2.24) is 8.87 Å². The minimum absolute atomic E-state index is 0.202. The van der Waals surface area contributed by atoms with E-state index in [1.165, 1.54) is 35.7 Å². The Balaban J connectivity index is 1.37. The first-order chi connectivity index (χ1) is 17.7. The number of hydrogen-bond acceptors (Lipinski definition) is 3. The number of piperidine rings is 1. The number of nitrogens with one attached hydrogen (secondary N) is 1. The minimum Gasteiger partial charge on any atom is -0.340 e. The molecule has 1 saturated heterocycles. The predicted octanol–water partition coefficient (Wildman–Crippen LogP) is 5.66. The number of aromatic nitrogens is 1. The molecule has 0 bridgehead atoms. The lowest BCUT2D eigenvalue weighted by atomic mass is 9.88. The van der Waals surface area contributed by atoms with Gasteiger partial charge in [0.25, 0.3) is 0 Å². The standard InChI is InChI=1S/C29H30FN3O3S/c1-20-29(27-5-3-4-6-28(27)33(20)19-22-7-9-24(30)10-8-22)23-15-17-32(18-16-23)37(35,36)26-13-11-25(12-14-26)31-21(2)34/h3-14,23H,15-19H2,1-2H3,(H,31,34). The Morgan fingerprint density at radius 1 is 0.973 bits per heavy atom. The number of para-hydroxylation sites is 1. The summed E-state index contributed by atoms with van der Waals surface area (Å²) in [6, 6.07) is 21.2. The molecule has 192 valence electrons. The van der Waals surface area contributed by atoms with E-state index in [1.807, 2.05) is 24.3 Å². The van der Waals surface area contributed by atoms with Crippen LogP contribution in [0.1, 0.15) is 42.5 Å². The summed E-state index contributed by atoms with van der Waals surface area (Å²) in [4.78, 5) is 11.5. The van der Waals surface area contributed by atoms with E-state index in [0.717, 1.165) is 23.9 Å². The molecule has 1 aliphatic rings. The second kappa shape index (κ2) is 10.1. The number of anilines is 1. The third-order valence-electron chi connectivity index (χ3n) is 7.21. The molecule has 0 unspecified atom stereocenters. The summed E-state index contributed by atoms with van der Waals surface area (Å²) < 4.78 is 43.8. The highest BCUT2D eigenvalue weighted by Crippen LogP contribution is 2.38. The van der Waals surface area contributed by atoms with Crippen molar-refractivity contribution < 1.29 is 17.6 Å². The van der Waals surface area contributed by atoms with Gasteiger partial charge in [0.2, 0.25) is 15.9 Å². The Bertz CT molecular complexity index is 1540. The summed E-state index contributed by atoms with van der Waals surface area (Å²) in [6.07, 6.45) is 1.46. The van der Waals surface area contributed by atoms with Crippen LogP contribution in [0.25, 0.3) is 10.9 Å². The summed E-state index contributed by atoms with van der Waals surface area (Å²) >= 11 is 0. The second-order valence-electron chi connectivity index (χ2n) is 9.61. The molecule has 2 heterocycles. The molecular formula is C29H30FN3O3S. The minimum atomic E-state index is -3.62. The number of halogens is 1. The van der Waals surface area contributed by atoms with Crippen LogP contribution in [0.2, 0.25) is 0 Å². The monoisotopic (exact) mass is 519 g/mol. The van der Waals surface area contributed by atoms with Crippen LogP contribution < -0.4 is 5.32 Å². The van der Waals surface area contributed by atoms with Crippen LogP contribution in [0.15, 0.2) is 77.7 Å². The van der Waals surface area contributed by atoms with Gasteiger partial charge in [-0.1, -0.05) is 30.3 Å². The van der Waals surface area contributed by atoms with Gasteiger partial charge < -0.3 is 9.88 Å². The fourth-order valence-electron chi connectivity index (χ4n) is 5.40. The normalized spacial score (nSPS) is 15.2. The molecule has 37 heavy (non-hydrogen) atoms. The summed E-state index contributed by atoms with van der Waals surface area (Å²) in [5.41, 5.74) is 5.17. The molecule has 1 aliphatic heterocycles. The highest BCUT2D eigenvalue weighted by molar-refractivity contribution is 7.89. The zero-order valence-electron chi connectivity index (χ0n) is 20.9. The van der Waals surface area contributed by atoms with Gasteiger partial charge in [-0.15, -0.1) is 0 Å². The van der Waals surface area contributed by atoms with E-state index in [9.17, 15) is 17.6 Å². The van der Waals surface area contributed by atoms with Crippen molar-refractivity contribution in [3.05, 3.63) is 95.4 Å². The lowest BCUT2D eigenvalue weighted by Crippen LogP contribution is -2.38.